The first-order valence-corrected chi connectivity index (χ1v) is 11.5. The molecule has 0 aliphatic heterocycles. The fraction of sp³-hybridized carbons (Fsp3) is 0.407. The number of fused-ring (bicyclic) bond motifs is 1. The van der Waals surface area contributed by atoms with Crippen molar-refractivity contribution < 1.29 is 9.53 Å². The summed E-state index contributed by atoms with van der Waals surface area (Å²) in [5, 5.41) is 2.25. The molecule has 0 spiro atoms. The monoisotopic (exact) mass is 433 g/mol. The van der Waals surface area contributed by atoms with Gasteiger partial charge in [0.1, 0.15) is 5.75 Å². The Morgan fingerprint density at radius 1 is 0.938 bits per heavy atom. The number of nitrogens with two attached hydrogens (primary N) is 1. The molecule has 0 radical (unpaired) electrons. The molecule has 0 aliphatic carbocycles. The Kier molecular flexibility index (Phi) is 8.23. The fourth-order valence-corrected chi connectivity index (χ4v) is 3.66. The second-order valence-electron chi connectivity index (χ2n) is 9.26. The Balaban J connectivity index is 1.84. The number of hydrogen-bond donors (Lipinski definition) is 1. The zero-order valence-electron chi connectivity index (χ0n) is 19.7. The average Bonchev–Trinajstić information content (AvgIpc) is 2.76. The molecule has 5 nitrogen and oxygen atoms in total. The largest absolute Gasteiger partial charge is 0.438 e. The van der Waals surface area contributed by atoms with Crippen molar-refractivity contribution >= 4 is 16.7 Å². The van der Waals surface area contributed by atoms with Crippen LogP contribution in [0.25, 0.3) is 10.8 Å². The number of hydrogen-bond acceptors (Lipinski definition) is 4. The fourth-order valence-electron chi connectivity index (χ4n) is 3.66. The van der Waals surface area contributed by atoms with Crippen LogP contribution >= 0.6 is 0 Å². The Morgan fingerprint density at radius 3 is 2.19 bits per heavy atom. The maximum Gasteiger partial charge on any atom is 0.250 e. The van der Waals surface area contributed by atoms with Gasteiger partial charge in [0, 0.05) is 24.2 Å². The standard InChI is InChI=1S/C27H35N3O2/c1-19(2)13-15-30(16-14-20(3)4)18-22-7-5-9-24-23(22)8-6-10-25(24)32-26-12-11-21(17-29-26)27(28)31/h5-12,17,19-20H,13-16,18H2,1-4H3,(H2,28,31). The molecule has 0 saturated carbocycles. The van der Waals surface area contributed by atoms with Crippen molar-refractivity contribution in [3.05, 3.63) is 65.9 Å². The molecule has 0 aliphatic rings. The molecule has 0 saturated heterocycles. The lowest BCUT2D eigenvalue weighted by Crippen LogP contribution is -2.27. The van der Waals surface area contributed by atoms with Gasteiger partial charge in [-0.2, -0.15) is 0 Å². The van der Waals surface area contributed by atoms with E-state index in [2.05, 4.69) is 61.8 Å². The number of aromatic nitrogens is 1. The number of primary amides is 1. The highest BCUT2D eigenvalue weighted by Crippen LogP contribution is 2.31. The van der Waals surface area contributed by atoms with Gasteiger partial charge in [-0.3, -0.25) is 9.69 Å². The van der Waals surface area contributed by atoms with Crippen LogP contribution in [0.5, 0.6) is 11.6 Å². The summed E-state index contributed by atoms with van der Waals surface area (Å²) in [4.78, 5) is 18.1. The van der Waals surface area contributed by atoms with E-state index in [-0.39, 0.29) is 0 Å². The zero-order valence-corrected chi connectivity index (χ0v) is 19.7. The van der Waals surface area contributed by atoms with Crippen molar-refractivity contribution in [1.82, 2.24) is 9.88 Å². The number of benzene rings is 2. The molecule has 5 heteroatoms. The van der Waals surface area contributed by atoms with Gasteiger partial charge in [0.15, 0.2) is 0 Å². The van der Waals surface area contributed by atoms with Crippen molar-refractivity contribution in [2.24, 2.45) is 17.6 Å². The van der Waals surface area contributed by atoms with Crippen LogP contribution in [0, 0.1) is 11.8 Å². The van der Waals surface area contributed by atoms with Crippen molar-refractivity contribution in [2.75, 3.05) is 13.1 Å². The van der Waals surface area contributed by atoms with Crippen LogP contribution in [-0.2, 0) is 6.54 Å². The summed E-state index contributed by atoms with van der Waals surface area (Å²) in [5.74, 6) is 2.07. The van der Waals surface area contributed by atoms with Gasteiger partial charge in [-0.1, -0.05) is 58.0 Å². The van der Waals surface area contributed by atoms with Crippen LogP contribution in [0.1, 0.15) is 56.5 Å². The molecule has 2 aromatic carbocycles. The van der Waals surface area contributed by atoms with E-state index in [1.165, 1.54) is 30.0 Å². The van der Waals surface area contributed by atoms with Crippen molar-refractivity contribution in [2.45, 2.75) is 47.1 Å². The third kappa shape index (κ3) is 6.54. The number of nitrogens with zero attached hydrogens (tertiary/aromatic N) is 2. The summed E-state index contributed by atoms with van der Waals surface area (Å²) in [6.45, 7) is 12.3. The summed E-state index contributed by atoms with van der Waals surface area (Å²) >= 11 is 0. The third-order valence-corrected chi connectivity index (χ3v) is 5.65. The molecule has 2 N–H and O–H groups in total. The normalized spacial score (nSPS) is 11.6. The number of ether oxygens (including phenoxy) is 1. The number of pyridine rings is 1. The zero-order chi connectivity index (χ0) is 23.1. The summed E-state index contributed by atoms with van der Waals surface area (Å²) in [7, 11) is 0. The molecule has 170 valence electrons. The predicted octanol–water partition coefficient (Wildman–Crippen LogP) is 6.02. The van der Waals surface area contributed by atoms with Crippen LogP contribution in [0.3, 0.4) is 0 Å². The molecule has 3 aromatic rings. The van der Waals surface area contributed by atoms with Crippen LogP contribution in [0.15, 0.2) is 54.7 Å². The van der Waals surface area contributed by atoms with Crippen LogP contribution in [0.2, 0.25) is 0 Å². The number of amides is 1. The van der Waals surface area contributed by atoms with Crippen molar-refractivity contribution in [3.8, 4) is 11.6 Å². The van der Waals surface area contributed by atoms with E-state index in [9.17, 15) is 4.79 Å². The maximum atomic E-state index is 11.3. The van der Waals surface area contributed by atoms with E-state index in [1.54, 1.807) is 12.1 Å². The average molecular weight is 434 g/mol. The molecule has 0 fully saturated rings. The SMILES string of the molecule is CC(C)CCN(CCC(C)C)Cc1cccc2c(Oc3ccc(C(N)=O)cn3)cccc12. The lowest BCUT2D eigenvalue weighted by atomic mass is 10.0. The van der Waals surface area contributed by atoms with E-state index >= 15 is 0 Å². The highest BCUT2D eigenvalue weighted by Gasteiger charge is 2.13. The molecule has 0 unspecified atom stereocenters. The first-order chi connectivity index (χ1) is 15.3. The van der Waals surface area contributed by atoms with Crippen LogP contribution in [0.4, 0.5) is 0 Å². The Hall–Kier alpha value is -2.92. The van der Waals surface area contributed by atoms with Gasteiger partial charge in [0.25, 0.3) is 0 Å². The lowest BCUT2D eigenvalue weighted by molar-refractivity contribution is 0.1000. The quantitative estimate of drug-likeness (QED) is 0.401. The van der Waals surface area contributed by atoms with E-state index in [1.807, 2.05) is 12.1 Å². The molecular formula is C27H35N3O2. The van der Waals surface area contributed by atoms with E-state index in [0.717, 1.165) is 30.8 Å². The molecule has 0 bridgehead atoms. The summed E-state index contributed by atoms with van der Waals surface area (Å²) in [6, 6.07) is 15.8. The topological polar surface area (TPSA) is 68.5 Å². The Morgan fingerprint density at radius 2 is 1.59 bits per heavy atom. The maximum absolute atomic E-state index is 11.3. The van der Waals surface area contributed by atoms with Gasteiger partial charge in [-0.15, -0.1) is 0 Å². The molecular weight excluding hydrogens is 398 g/mol. The van der Waals surface area contributed by atoms with Crippen molar-refractivity contribution in [1.29, 1.82) is 0 Å². The third-order valence-electron chi connectivity index (χ3n) is 5.65. The first kappa shape index (κ1) is 23.7. The highest BCUT2D eigenvalue weighted by atomic mass is 16.5. The van der Waals surface area contributed by atoms with Gasteiger partial charge < -0.3 is 10.5 Å². The second-order valence-corrected chi connectivity index (χ2v) is 9.26. The number of rotatable bonds is 11. The first-order valence-electron chi connectivity index (χ1n) is 11.5. The Labute approximate surface area is 191 Å². The van der Waals surface area contributed by atoms with E-state index in [0.29, 0.717) is 23.3 Å². The molecule has 1 heterocycles. The molecule has 3 rings (SSSR count). The predicted molar refractivity (Wildman–Crippen MR) is 131 cm³/mol. The van der Waals surface area contributed by atoms with Crippen molar-refractivity contribution in [3.63, 3.8) is 0 Å². The van der Waals surface area contributed by atoms with Gasteiger partial charge >= 0.3 is 0 Å². The van der Waals surface area contributed by atoms with Gasteiger partial charge in [0.05, 0.1) is 5.56 Å². The summed E-state index contributed by atoms with van der Waals surface area (Å²) in [6.07, 6.45) is 3.84. The molecule has 1 aromatic heterocycles. The van der Waals surface area contributed by atoms with Gasteiger partial charge in [-0.05, 0) is 60.8 Å². The lowest BCUT2D eigenvalue weighted by Gasteiger charge is -2.25. The van der Waals surface area contributed by atoms with Crippen LogP contribution in [-0.4, -0.2) is 28.9 Å². The van der Waals surface area contributed by atoms with E-state index < -0.39 is 5.91 Å². The minimum absolute atomic E-state index is 0.362. The van der Waals surface area contributed by atoms with E-state index in [4.69, 9.17) is 10.5 Å². The Bertz CT molecular complexity index is 1020. The van der Waals surface area contributed by atoms with Gasteiger partial charge in [0.2, 0.25) is 11.8 Å². The summed E-state index contributed by atoms with van der Waals surface area (Å²) in [5.41, 5.74) is 6.96. The number of carbonyl (C=O) groups excluding carboxylic acids is 1. The minimum Gasteiger partial charge on any atom is -0.438 e. The smallest absolute Gasteiger partial charge is 0.250 e. The second kappa shape index (κ2) is 11.1. The molecule has 1 amide bonds. The van der Waals surface area contributed by atoms with Crippen LogP contribution < -0.4 is 10.5 Å². The number of carbonyl (C=O) groups is 1. The highest BCUT2D eigenvalue weighted by molar-refractivity contribution is 5.92. The molecule has 0 atom stereocenters. The summed E-state index contributed by atoms with van der Waals surface area (Å²) < 4.78 is 6.07. The molecule has 32 heavy (non-hydrogen) atoms. The minimum atomic E-state index is -0.502. The van der Waals surface area contributed by atoms with Gasteiger partial charge in [-0.25, -0.2) is 4.98 Å².